The molecule has 2 aliphatic carbocycles. The Bertz CT molecular complexity index is 1800. The lowest BCUT2D eigenvalue weighted by atomic mass is 9.68. The first-order valence-electron chi connectivity index (χ1n) is 17.5. The highest BCUT2D eigenvalue weighted by Crippen LogP contribution is 2.47. The number of ether oxygens (including phenoxy) is 2. The first kappa shape index (κ1) is 36.2. The van der Waals surface area contributed by atoms with Gasteiger partial charge in [-0.1, -0.05) is 36.7 Å². The Morgan fingerprint density at radius 1 is 1.18 bits per heavy atom. The topological polar surface area (TPSA) is 105 Å². The number of fused-ring (bicyclic) bond motifs is 4. The summed E-state index contributed by atoms with van der Waals surface area (Å²) in [5, 5.41) is 0.423. The number of nitrogens with one attached hydrogen (secondary N) is 1. The summed E-state index contributed by atoms with van der Waals surface area (Å²) >= 11 is 6.45. The molecule has 6 atom stereocenters. The molecule has 0 saturated heterocycles. The van der Waals surface area contributed by atoms with Crippen LogP contribution in [0.15, 0.2) is 48.6 Å². The van der Waals surface area contributed by atoms with Gasteiger partial charge in [-0.3, -0.25) is 9.52 Å². The molecule has 0 aromatic heterocycles. The number of anilines is 1. The highest BCUT2D eigenvalue weighted by molar-refractivity contribution is 7.99. The van der Waals surface area contributed by atoms with E-state index in [9.17, 15) is 17.4 Å². The number of hydrogen-bond acceptors (Lipinski definition) is 7. The molecule has 2 aliphatic heterocycles. The van der Waals surface area contributed by atoms with Crippen LogP contribution in [0.2, 0.25) is 5.02 Å². The van der Waals surface area contributed by atoms with Crippen molar-refractivity contribution in [1.29, 1.82) is 0 Å². The molecule has 1 saturated carbocycles. The molecule has 2 aromatic carbocycles. The summed E-state index contributed by atoms with van der Waals surface area (Å²) in [6.07, 6.45) is 10.6. The van der Waals surface area contributed by atoms with E-state index in [2.05, 4.69) is 39.8 Å². The Hall–Kier alpha value is -2.57. The maximum absolute atomic E-state index is 13.8. The van der Waals surface area contributed by atoms with Crippen molar-refractivity contribution in [3.05, 3.63) is 70.3 Å². The van der Waals surface area contributed by atoms with Crippen LogP contribution in [0.1, 0.15) is 73.4 Å². The van der Waals surface area contributed by atoms with Gasteiger partial charge in [0.15, 0.2) is 0 Å². The van der Waals surface area contributed by atoms with Crippen molar-refractivity contribution in [1.82, 2.24) is 9.03 Å². The molecule has 9 nitrogen and oxygen atoms in total. The van der Waals surface area contributed by atoms with Gasteiger partial charge in [-0.25, -0.2) is 16.9 Å². The van der Waals surface area contributed by atoms with Crippen LogP contribution in [-0.2, 0) is 36.3 Å². The van der Waals surface area contributed by atoms with Gasteiger partial charge in [0, 0.05) is 48.4 Å². The number of sulfonamides is 1. The third-order valence-corrected chi connectivity index (χ3v) is 15.3. The fraction of sp³-hybridized carbons (Fsp3) is 0.568. The SMILES string of the molecule is C=S1(=O)NC(=O)c2ccc3c(c2)N(C[C@@H]2CC[C@H]2[C@@H](OCCS(=O)(=O)N(C)C)/C=C/CC[C@H]1CC)C[C@@]1(CCCc2cc(Cl)ccc21)CO3. The first-order valence-corrected chi connectivity index (χ1v) is 21.3. The highest BCUT2D eigenvalue weighted by Gasteiger charge is 2.44. The second kappa shape index (κ2) is 14.6. The second-order valence-electron chi connectivity index (χ2n) is 14.4. The number of aryl methyl sites for hydroxylation is 1. The summed E-state index contributed by atoms with van der Waals surface area (Å²) in [6.45, 7) is 4.00. The lowest BCUT2D eigenvalue weighted by Crippen LogP contribution is -2.49. The average molecular weight is 732 g/mol. The maximum Gasteiger partial charge on any atom is 0.262 e. The smallest absolute Gasteiger partial charge is 0.262 e. The zero-order valence-corrected chi connectivity index (χ0v) is 31.3. The van der Waals surface area contributed by atoms with Crippen molar-refractivity contribution in [3.63, 3.8) is 0 Å². The van der Waals surface area contributed by atoms with E-state index in [1.807, 2.05) is 25.1 Å². The predicted octanol–water partition coefficient (Wildman–Crippen LogP) is 5.61. The Balaban J connectivity index is 1.38. The minimum absolute atomic E-state index is 0.0888. The molecule has 0 radical (unpaired) electrons. The third-order valence-electron chi connectivity index (χ3n) is 11.1. The number of amides is 1. The van der Waals surface area contributed by atoms with E-state index in [0.29, 0.717) is 38.0 Å². The molecule has 2 heterocycles. The monoisotopic (exact) mass is 731 g/mol. The minimum atomic E-state index is -3.40. The van der Waals surface area contributed by atoms with E-state index in [0.717, 1.165) is 55.1 Å². The van der Waals surface area contributed by atoms with Crippen molar-refractivity contribution in [2.24, 2.45) is 11.8 Å². The van der Waals surface area contributed by atoms with Gasteiger partial charge in [-0.05, 0) is 111 Å². The maximum atomic E-state index is 13.8. The van der Waals surface area contributed by atoms with Crippen molar-refractivity contribution in [2.45, 2.75) is 75.1 Å². The lowest BCUT2D eigenvalue weighted by molar-refractivity contribution is -0.00801. The molecule has 49 heavy (non-hydrogen) atoms. The first-order chi connectivity index (χ1) is 23.3. The van der Waals surface area contributed by atoms with Crippen molar-refractivity contribution < 1.29 is 26.9 Å². The van der Waals surface area contributed by atoms with Crippen molar-refractivity contribution in [2.75, 3.05) is 51.1 Å². The van der Waals surface area contributed by atoms with Crippen LogP contribution >= 0.6 is 11.6 Å². The van der Waals surface area contributed by atoms with E-state index >= 15 is 0 Å². The number of carbonyl (C=O) groups is 1. The summed E-state index contributed by atoms with van der Waals surface area (Å²) in [4.78, 5) is 16.0. The predicted molar refractivity (Wildman–Crippen MR) is 199 cm³/mol. The van der Waals surface area contributed by atoms with Gasteiger partial charge in [0.05, 0.1) is 40.5 Å². The van der Waals surface area contributed by atoms with Crippen LogP contribution in [-0.4, -0.2) is 86.2 Å². The standard InChI is InChI=1S/C37H50ClN3O6S2/c1-5-30-10-6-7-11-34(46-19-20-49(44,45)40(2)3)31-15-12-28(31)23-41-24-37(18-8-9-26-21-29(38)14-16-32(26)37)25-47-35-17-13-27(22-33(35)41)36(42)39-48(30,4)43/h7,11,13-14,16-17,21-22,28,30-31,34H,4-6,8-10,12,15,18-20,23-25H2,1-3H3,(H,39,42,43)/b11-7+/t28-,30+,31+,34-,37-,48?/m0/s1. The van der Waals surface area contributed by atoms with E-state index < -0.39 is 25.6 Å². The van der Waals surface area contributed by atoms with Gasteiger partial charge in [-0.15, -0.1) is 0 Å². The number of benzene rings is 2. The molecule has 1 unspecified atom stereocenters. The van der Waals surface area contributed by atoms with E-state index in [4.69, 9.17) is 21.1 Å². The molecule has 1 fully saturated rings. The average Bonchev–Trinajstić information content (AvgIpc) is 3.18. The van der Waals surface area contributed by atoms with Gasteiger partial charge in [0.25, 0.3) is 5.91 Å². The number of nitrogens with zero attached hydrogens (tertiary/aromatic N) is 2. The Kier molecular flexibility index (Phi) is 10.8. The van der Waals surface area contributed by atoms with Crippen LogP contribution in [0.4, 0.5) is 5.69 Å². The number of halogens is 1. The molecular formula is C37H50ClN3O6S2. The molecule has 268 valence electrons. The second-order valence-corrected chi connectivity index (χ2v) is 19.5. The van der Waals surface area contributed by atoms with Gasteiger partial charge >= 0.3 is 0 Å². The number of rotatable bonds is 6. The van der Waals surface area contributed by atoms with Crippen LogP contribution in [0.5, 0.6) is 5.75 Å². The largest absolute Gasteiger partial charge is 0.490 e. The van der Waals surface area contributed by atoms with Gasteiger partial charge in [0.1, 0.15) is 5.75 Å². The number of allylic oxidation sites excluding steroid dienone is 1. The molecule has 1 amide bonds. The third kappa shape index (κ3) is 7.71. The molecule has 2 bridgehead atoms. The summed E-state index contributed by atoms with van der Waals surface area (Å²) in [5.41, 5.74) is 3.51. The van der Waals surface area contributed by atoms with Crippen molar-refractivity contribution >= 4 is 48.8 Å². The Morgan fingerprint density at radius 3 is 2.73 bits per heavy atom. The molecule has 4 aliphatic rings. The Labute approximate surface area is 297 Å². The molecule has 1 spiro atoms. The molecular weight excluding hydrogens is 682 g/mol. The number of hydrogen-bond donors (Lipinski definition) is 1. The van der Waals surface area contributed by atoms with Crippen molar-refractivity contribution in [3.8, 4) is 5.75 Å². The number of carbonyl (C=O) groups excluding carboxylic acids is 1. The lowest BCUT2D eigenvalue weighted by Gasteiger charge is -2.46. The zero-order valence-electron chi connectivity index (χ0n) is 28.9. The summed E-state index contributed by atoms with van der Waals surface area (Å²) in [6, 6.07) is 11.7. The van der Waals surface area contributed by atoms with Gasteiger partial charge in [0.2, 0.25) is 10.0 Å². The normalized spacial score (nSPS) is 31.1. The van der Waals surface area contributed by atoms with Crippen LogP contribution in [0.3, 0.4) is 0 Å². The summed E-state index contributed by atoms with van der Waals surface area (Å²) in [7, 11) is -3.28. The van der Waals surface area contributed by atoms with E-state index in [-0.39, 0.29) is 41.0 Å². The molecule has 6 rings (SSSR count). The van der Waals surface area contributed by atoms with Gasteiger partial charge < -0.3 is 14.4 Å². The summed E-state index contributed by atoms with van der Waals surface area (Å²) < 4.78 is 56.0. The summed E-state index contributed by atoms with van der Waals surface area (Å²) in [5.74, 6) is 4.70. The molecule has 12 heteroatoms. The Morgan fingerprint density at radius 2 is 2.00 bits per heavy atom. The van der Waals surface area contributed by atoms with E-state index in [1.165, 1.54) is 29.5 Å². The van der Waals surface area contributed by atoms with Crippen LogP contribution in [0, 0.1) is 11.8 Å². The zero-order chi connectivity index (χ0) is 35.0. The fourth-order valence-electron chi connectivity index (χ4n) is 8.06. The van der Waals surface area contributed by atoms with Crippen LogP contribution < -0.4 is 14.4 Å². The van der Waals surface area contributed by atoms with E-state index in [1.54, 1.807) is 6.07 Å². The minimum Gasteiger partial charge on any atom is -0.490 e. The fourth-order valence-corrected chi connectivity index (χ4v) is 10.6. The highest BCUT2D eigenvalue weighted by atomic mass is 35.5. The molecule has 1 N–H and O–H groups in total. The van der Waals surface area contributed by atoms with Gasteiger partial charge in [-0.2, -0.15) is 0 Å². The molecule has 2 aromatic rings. The van der Waals surface area contributed by atoms with Crippen LogP contribution in [0.25, 0.3) is 0 Å². The quantitative estimate of drug-likeness (QED) is 0.305.